The van der Waals surface area contributed by atoms with Gasteiger partial charge < -0.3 is 9.84 Å². The van der Waals surface area contributed by atoms with E-state index in [9.17, 15) is 0 Å². The number of pyridine rings is 1. The molecule has 0 radical (unpaired) electrons. The van der Waals surface area contributed by atoms with Gasteiger partial charge in [0.15, 0.2) is 0 Å². The topological polar surface area (TPSA) is 63.8 Å². The van der Waals surface area contributed by atoms with Gasteiger partial charge in [0.05, 0.1) is 0 Å². The van der Waals surface area contributed by atoms with Gasteiger partial charge in [0, 0.05) is 29.4 Å². The Bertz CT molecular complexity index is 515. The lowest BCUT2D eigenvalue weighted by atomic mass is 10.2. The third-order valence-corrected chi connectivity index (χ3v) is 2.78. The Morgan fingerprint density at radius 2 is 1.89 bits per heavy atom. The van der Waals surface area contributed by atoms with Crippen molar-refractivity contribution in [3.05, 3.63) is 29.4 Å². The molecule has 1 unspecified atom stereocenters. The first-order valence-corrected chi connectivity index (χ1v) is 6.04. The Kier molecular flexibility index (Phi) is 3.72. The first kappa shape index (κ1) is 12.7. The molecule has 96 valence electrons. The average Bonchev–Trinajstić information content (AvgIpc) is 2.76. The summed E-state index contributed by atoms with van der Waals surface area (Å²) in [7, 11) is 1.91. The van der Waals surface area contributed by atoms with Crippen LogP contribution in [-0.4, -0.2) is 28.2 Å². The van der Waals surface area contributed by atoms with Crippen molar-refractivity contribution in [2.75, 3.05) is 7.05 Å². The first-order valence-electron chi connectivity index (χ1n) is 6.04. The van der Waals surface area contributed by atoms with Gasteiger partial charge in [-0.2, -0.15) is 4.98 Å². The van der Waals surface area contributed by atoms with Gasteiger partial charge in [-0.05, 0) is 40.0 Å². The fourth-order valence-electron chi connectivity index (χ4n) is 1.78. The molecule has 0 amide bonds. The van der Waals surface area contributed by atoms with E-state index >= 15 is 0 Å². The van der Waals surface area contributed by atoms with E-state index in [-0.39, 0.29) is 0 Å². The molecule has 2 aromatic heterocycles. The summed E-state index contributed by atoms with van der Waals surface area (Å²) in [4.78, 5) is 8.74. The van der Waals surface area contributed by atoms with Gasteiger partial charge in [0.25, 0.3) is 0 Å². The highest BCUT2D eigenvalue weighted by molar-refractivity contribution is 5.55. The third-order valence-electron chi connectivity index (χ3n) is 2.78. The Balaban J connectivity index is 2.23. The molecule has 18 heavy (non-hydrogen) atoms. The summed E-state index contributed by atoms with van der Waals surface area (Å²) in [5, 5.41) is 7.16. The zero-order valence-electron chi connectivity index (χ0n) is 11.2. The fraction of sp³-hybridized carbons (Fsp3) is 0.462. The van der Waals surface area contributed by atoms with E-state index in [4.69, 9.17) is 4.52 Å². The Morgan fingerprint density at radius 1 is 1.22 bits per heavy atom. The minimum absolute atomic E-state index is 0.319. The molecule has 0 saturated carbocycles. The van der Waals surface area contributed by atoms with E-state index in [0.29, 0.717) is 17.8 Å². The van der Waals surface area contributed by atoms with Crippen LogP contribution in [0.5, 0.6) is 0 Å². The van der Waals surface area contributed by atoms with Crippen molar-refractivity contribution in [1.82, 2.24) is 20.4 Å². The lowest BCUT2D eigenvalue weighted by Crippen LogP contribution is -2.23. The second-order valence-corrected chi connectivity index (χ2v) is 4.54. The molecule has 2 aromatic rings. The molecule has 2 heterocycles. The van der Waals surface area contributed by atoms with Gasteiger partial charge in [0.2, 0.25) is 11.7 Å². The van der Waals surface area contributed by atoms with E-state index < -0.39 is 0 Å². The van der Waals surface area contributed by atoms with Crippen molar-refractivity contribution < 1.29 is 4.52 Å². The largest absolute Gasteiger partial charge is 0.339 e. The van der Waals surface area contributed by atoms with Gasteiger partial charge in [0.1, 0.15) is 0 Å². The van der Waals surface area contributed by atoms with Crippen LogP contribution in [0.15, 0.2) is 16.7 Å². The predicted molar refractivity (Wildman–Crippen MR) is 69.2 cm³/mol. The smallest absolute Gasteiger partial charge is 0.228 e. The number of aryl methyl sites for hydroxylation is 2. The van der Waals surface area contributed by atoms with Crippen LogP contribution in [0.2, 0.25) is 0 Å². The van der Waals surface area contributed by atoms with Crippen molar-refractivity contribution in [1.29, 1.82) is 0 Å². The zero-order valence-corrected chi connectivity index (χ0v) is 11.2. The number of nitrogens with zero attached hydrogens (tertiary/aromatic N) is 3. The summed E-state index contributed by atoms with van der Waals surface area (Å²) in [6.45, 7) is 5.99. The van der Waals surface area contributed by atoms with Crippen LogP contribution in [0.4, 0.5) is 0 Å². The van der Waals surface area contributed by atoms with Crippen molar-refractivity contribution in [2.24, 2.45) is 0 Å². The highest BCUT2D eigenvalue weighted by atomic mass is 16.5. The minimum atomic E-state index is 0.319. The van der Waals surface area contributed by atoms with E-state index in [0.717, 1.165) is 23.4 Å². The lowest BCUT2D eigenvalue weighted by molar-refractivity contribution is 0.365. The fourth-order valence-corrected chi connectivity index (χ4v) is 1.78. The van der Waals surface area contributed by atoms with Crippen LogP contribution in [0.3, 0.4) is 0 Å². The normalized spacial score (nSPS) is 12.7. The van der Waals surface area contributed by atoms with E-state index in [2.05, 4.69) is 27.4 Å². The highest BCUT2D eigenvalue weighted by Crippen LogP contribution is 2.18. The van der Waals surface area contributed by atoms with Gasteiger partial charge in [-0.1, -0.05) is 5.16 Å². The molecule has 0 aliphatic rings. The molecule has 0 aliphatic carbocycles. The second-order valence-electron chi connectivity index (χ2n) is 4.54. The van der Waals surface area contributed by atoms with E-state index in [1.165, 1.54) is 0 Å². The quantitative estimate of drug-likeness (QED) is 0.892. The maximum Gasteiger partial charge on any atom is 0.228 e. The Labute approximate surface area is 107 Å². The molecule has 0 aliphatic heterocycles. The molecule has 0 fully saturated rings. The average molecular weight is 246 g/mol. The Morgan fingerprint density at radius 3 is 2.50 bits per heavy atom. The molecule has 0 saturated heterocycles. The lowest BCUT2D eigenvalue weighted by Gasteiger charge is -2.04. The number of nitrogens with one attached hydrogen (secondary N) is 1. The number of hydrogen-bond acceptors (Lipinski definition) is 5. The van der Waals surface area contributed by atoms with Gasteiger partial charge >= 0.3 is 0 Å². The van der Waals surface area contributed by atoms with Gasteiger partial charge in [-0.3, -0.25) is 4.98 Å². The van der Waals surface area contributed by atoms with Crippen LogP contribution in [0.1, 0.15) is 24.2 Å². The van der Waals surface area contributed by atoms with Crippen molar-refractivity contribution >= 4 is 0 Å². The monoisotopic (exact) mass is 246 g/mol. The molecule has 1 N–H and O–H groups in total. The summed E-state index contributed by atoms with van der Waals surface area (Å²) in [5.41, 5.74) is 2.87. The highest BCUT2D eigenvalue weighted by Gasteiger charge is 2.11. The summed E-state index contributed by atoms with van der Waals surface area (Å²) in [6, 6.07) is 4.24. The molecule has 0 bridgehead atoms. The van der Waals surface area contributed by atoms with Gasteiger partial charge in [-0.15, -0.1) is 0 Å². The van der Waals surface area contributed by atoms with Crippen molar-refractivity contribution in [3.8, 4) is 11.4 Å². The number of aromatic nitrogens is 3. The van der Waals surface area contributed by atoms with Gasteiger partial charge in [-0.25, -0.2) is 0 Å². The summed E-state index contributed by atoms with van der Waals surface area (Å²) in [6.07, 6.45) is 0.729. The van der Waals surface area contributed by atoms with Crippen molar-refractivity contribution in [2.45, 2.75) is 33.2 Å². The van der Waals surface area contributed by atoms with E-state index in [1.54, 1.807) is 0 Å². The molecular weight excluding hydrogens is 228 g/mol. The Hall–Kier alpha value is -1.75. The summed E-state index contributed by atoms with van der Waals surface area (Å²) in [5.74, 6) is 1.28. The predicted octanol–water partition coefficient (Wildman–Crippen LogP) is 1.90. The third kappa shape index (κ3) is 2.92. The SMILES string of the molecule is CNC(C)Cc1nc(-c2cc(C)nc(C)c2)no1. The maximum atomic E-state index is 5.25. The van der Waals surface area contributed by atoms with Crippen LogP contribution in [0.25, 0.3) is 11.4 Å². The maximum absolute atomic E-state index is 5.25. The molecule has 1 atom stereocenters. The molecule has 0 spiro atoms. The van der Waals surface area contributed by atoms with Crippen LogP contribution < -0.4 is 5.32 Å². The molecule has 2 rings (SSSR count). The summed E-state index contributed by atoms with van der Waals surface area (Å²) >= 11 is 0. The number of likely N-dealkylation sites (N-methyl/N-ethyl adjacent to an activating group) is 1. The van der Waals surface area contributed by atoms with Crippen LogP contribution in [0, 0.1) is 13.8 Å². The molecule has 0 aromatic carbocycles. The standard InChI is InChI=1S/C13H18N4O/c1-8(14-4)7-12-16-13(17-18-12)11-5-9(2)15-10(3)6-11/h5-6,8,14H,7H2,1-4H3. The number of rotatable bonds is 4. The first-order chi connectivity index (χ1) is 8.58. The van der Waals surface area contributed by atoms with Crippen LogP contribution in [-0.2, 0) is 6.42 Å². The number of hydrogen-bond donors (Lipinski definition) is 1. The van der Waals surface area contributed by atoms with Crippen LogP contribution >= 0.6 is 0 Å². The van der Waals surface area contributed by atoms with E-state index in [1.807, 2.05) is 33.0 Å². The molecular formula is C13H18N4O. The second kappa shape index (κ2) is 5.27. The minimum Gasteiger partial charge on any atom is -0.339 e. The molecule has 5 heteroatoms. The summed E-state index contributed by atoms with van der Waals surface area (Å²) < 4.78 is 5.25. The zero-order chi connectivity index (χ0) is 13.1. The molecule has 5 nitrogen and oxygen atoms in total. The van der Waals surface area contributed by atoms with Crippen molar-refractivity contribution in [3.63, 3.8) is 0 Å².